The molecule has 0 aliphatic heterocycles. The van der Waals surface area contributed by atoms with Gasteiger partial charge in [-0.15, -0.1) is 22.7 Å². The minimum Gasteiger partial charge on any atom is -0.459 e. The number of nitrogens with one attached hydrogen (secondary N) is 1. The van der Waals surface area contributed by atoms with Crippen molar-refractivity contribution in [2.45, 2.75) is 184 Å². The van der Waals surface area contributed by atoms with Crippen LogP contribution in [0.5, 0.6) is 0 Å². The van der Waals surface area contributed by atoms with Crippen LogP contribution in [-0.4, -0.2) is 122 Å². The molecule has 0 saturated heterocycles. The second kappa shape index (κ2) is 27.7. The van der Waals surface area contributed by atoms with Gasteiger partial charge in [0.05, 0.1) is 49.0 Å². The topological polar surface area (TPSA) is 179 Å². The minimum absolute atomic E-state index is 0.155. The van der Waals surface area contributed by atoms with Crippen molar-refractivity contribution in [3.63, 3.8) is 0 Å². The van der Waals surface area contributed by atoms with Gasteiger partial charge in [0.25, 0.3) is 0 Å². The van der Waals surface area contributed by atoms with Crippen molar-refractivity contribution in [3.05, 3.63) is 82.1 Å². The van der Waals surface area contributed by atoms with E-state index in [2.05, 4.69) is 34.5 Å². The number of alkyl carbamates (subject to hydrolysis) is 1. The fraction of sp³-hybridized carbons (Fsp3) is 0.596. The molecule has 414 valence electrons. The third kappa shape index (κ3) is 26.4. The number of thiophene rings is 2. The normalized spacial score (nSPS) is 12.5. The van der Waals surface area contributed by atoms with E-state index >= 15 is 0 Å². The molecule has 0 aliphatic rings. The van der Waals surface area contributed by atoms with E-state index in [9.17, 15) is 24.0 Å². The molecule has 4 aromatic heterocycles. The summed E-state index contributed by atoms with van der Waals surface area (Å²) in [5.74, 6) is -1.88. The Labute approximate surface area is 454 Å². The molecule has 0 radical (unpaired) electrons. The summed E-state index contributed by atoms with van der Waals surface area (Å²) in [7, 11) is 0. The van der Waals surface area contributed by atoms with Crippen molar-refractivity contribution >= 4 is 52.6 Å². The number of unbranched alkanes of at least 4 members (excludes halogenated alkanes) is 3. The molecule has 0 unspecified atom stereocenters. The Morgan fingerprint density at radius 2 is 0.773 bits per heavy atom. The van der Waals surface area contributed by atoms with Crippen LogP contribution in [0.4, 0.5) is 4.79 Å². The number of esters is 4. The van der Waals surface area contributed by atoms with Crippen LogP contribution in [0.3, 0.4) is 0 Å². The summed E-state index contributed by atoms with van der Waals surface area (Å²) < 4.78 is 28.2. The second-order valence-electron chi connectivity index (χ2n) is 23.8. The van der Waals surface area contributed by atoms with E-state index in [1.54, 1.807) is 116 Å². The summed E-state index contributed by atoms with van der Waals surface area (Å²) in [5.41, 5.74) is 1.31. The van der Waals surface area contributed by atoms with Gasteiger partial charge in [0, 0.05) is 42.5 Å². The number of nitrogens with zero attached hydrogens (tertiary/aromatic N) is 5. The number of carbonyl (C=O) groups is 5. The lowest BCUT2D eigenvalue weighted by Crippen LogP contribution is -2.39. The van der Waals surface area contributed by atoms with Gasteiger partial charge in [-0.05, 0) is 182 Å². The molecule has 0 atom stereocenters. The maximum absolute atomic E-state index is 13.3. The Hall–Kier alpha value is -5.27. The highest BCUT2D eigenvalue weighted by atomic mass is 32.1. The molecule has 0 aromatic carbocycles. The van der Waals surface area contributed by atoms with Crippen LogP contribution in [-0.2, 0) is 69.0 Å². The van der Waals surface area contributed by atoms with E-state index in [0.717, 1.165) is 58.0 Å². The van der Waals surface area contributed by atoms with Crippen molar-refractivity contribution < 1.29 is 47.7 Å². The first-order chi connectivity index (χ1) is 34.7. The SMILES string of the molecule is CC(C)(C)OC(=O)CN(CC(=O)OC(C)(C)C)Cc1cc(-c2cccs2)cc(CN(CCCCCCNC(=O)OC(C)(C)C)Cc2cc(-c3cccs3)cc(CN(CC(=O)OC(C)(C)C)CC(=O)OC(C)(C)C)n2)n1. The molecule has 4 heterocycles. The molecular formula is C57H84N6O10S2. The zero-order valence-electron chi connectivity index (χ0n) is 47.3. The first-order valence-corrected chi connectivity index (χ1v) is 27.6. The average molecular weight is 1080 g/mol. The molecular weight excluding hydrogens is 993 g/mol. The van der Waals surface area contributed by atoms with E-state index < -0.39 is 58.0 Å². The Morgan fingerprint density at radius 3 is 1.08 bits per heavy atom. The largest absolute Gasteiger partial charge is 0.459 e. The average Bonchev–Trinajstić information content (AvgIpc) is 3.96. The van der Waals surface area contributed by atoms with Crippen LogP contribution in [0.2, 0.25) is 0 Å². The van der Waals surface area contributed by atoms with Crippen LogP contribution in [0.15, 0.2) is 59.3 Å². The summed E-state index contributed by atoms with van der Waals surface area (Å²) in [6.07, 6.45) is 2.96. The number of amides is 1. The Bertz CT molecular complexity index is 2250. The van der Waals surface area contributed by atoms with Crippen molar-refractivity contribution in [2.24, 2.45) is 0 Å². The predicted molar refractivity (Wildman–Crippen MR) is 296 cm³/mol. The van der Waals surface area contributed by atoms with Gasteiger partial charge in [0.1, 0.15) is 28.0 Å². The highest BCUT2D eigenvalue weighted by Crippen LogP contribution is 2.29. The summed E-state index contributed by atoms with van der Waals surface area (Å²) in [6.45, 7) is 28.9. The van der Waals surface area contributed by atoms with E-state index in [0.29, 0.717) is 37.6 Å². The molecule has 0 spiro atoms. The lowest BCUT2D eigenvalue weighted by molar-refractivity contribution is -0.162. The number of aromatic nitrogens is 2. The maximum atomic E-state index is 13.3. The Balaban J connectivity index is 1.74. The number of hydrogen-bond acceptors (Lipinski definition) is 17. The number of hydrogen-bond donors (Lipinski definition) is 1. The molecule has 0 aliphatic carbocycles. The first-order valence-electron chi connectivity index (χ1n) is 25.8. The number of ether oxygens (including phenoxy) is 5. The highest BCUT2D eigenvalue weighted by Gasteiger charge is 2.27. The Kier molecular flexibility index (Phi) is 23.0. The van der Waals surface area contributed by atoms with E-state index in [1.807, 2.05) is 55.8 Å². The monoisotopic (exact) mass is 1080 g/mol. The van der Waals surface area contributed by atoms with Gasteiger partial charge in [0.2, 0.25) is 0 Å². The lowest BCUT2D eigenvalue weighted by Gasteiger charge is -2.27. The minimum atomic E-state index is -0.724. The molecule has 0 fully saturated rings. The van der Waals surface area contributed by atoms with Gasteiger partial charge in [-0.1, -0.05) is 25.0 Å². The smallest absolute Gasteiger partial charge is 0.407 e. The molecule has 75 heavy (non-hydrogen) atoms. The fourth-order valence-corrected chi connectivity index (χ4v) is 9.23. The van der Waals surface area contributed by atoms with Gasteiger partial charge in [-0.3, -0.25) is 43.8 Å². The molecule has 16 nitrogen and oxygen atoms in total. The standard InChI is InChI=1S/C57H84N6O10S2/c1-53(2,3)69-48(64)36-62(37-49(65)70-54(4,5)6)34-44-30-40(46-22-20-26-74-46)28-42(59-44)32-61(25-19-17-16-18-24-58-52(68)73-57(13,14)15)33-43-29-41(47-23-21-27-75-47)31-45(60-43)35-63(38-50(66)71-55(7,8)9)39-51(67)72-56(10,11)12/h20-23,26-31H,16-19,24-25,32-39H2,1-15H3,(H,58,68). The van der Waals surface area contributed by atoms with Crippen LogP contribution in [0.25, 0.3) is 20.9 Å². The highest BCUT2D eigenvalue weighted by molar-refractivity contribution is 7.13. The van der Waals surface area contributed by atoms with Gasteiger partial charge in [0.15, 0.2) is 0 Å². The van der Waals surface area contributed by atoms with Gasteiger partial charge in [-0.2, -0.15) is 0 Å². The third-order valence-corrected chi connectivity index (χ3v) is 12.0. The molecule has 4 rings (SSSR count). The first kappa shape index (κ1) is 62.3. The zero-order valence-corrected chi connectivity index (χ0v) is 48.9. The maximum Gasteiger partial charge on any atom is 0.407 e. The van der Waals surface area contributed by atoms with Crippen molar-refractivity contribution in [1.29, 1.82) is 0 Å². The van der Waals surface area contributed by atoms with Crippen LogP contribution >= 0.6 is 22.7 Å². The van der Waals surface area contributed by atoms with Gasteiger partial charge in [-0.25, -0.2) is 4.79 Å². The summed E-state index contributed by atoms with van der Waals surface area (Å²) in [5, 5.41) is 6.90. The quantitative estimate of drug-likeness (QED) is 0.0376. The molecule has 0 bridgehead atoms. The van der Waals surface area contributed by atoms with Crippen molar-refractivity contribution in [3.8, 4) is 20.9 Å². The lowest BCUT2D eigenvalue weighted by atomic mass is 10.1. The van der Waals surface area contributed by atoms with Crippen LogP contribution in [0.1, 0.15) is 152 Å². The van der Waals surface area contributed by atoms with Crippen LogP contribution < -0.4 is 5.32 Å². The Morgan fingerprint density at radius 1 is 0.453 bits per heavy atom. The van der Waals surface area contributed by atoms with E-state index in [4.69, 9.17) is 33.7 Å². The van der Waals surface area contributed by atoms with Crippen molar-refractivity contribution in [1.82, 2.24) is 30.0 Å². The summed E-state index contributed by atoms with van der Waals surface area (Å²) in [6, 6.07) is 16.3. The van der Waals surface area contributed by atoms with Gasteiger partial charge < -0.3 is 29.0 Å². The summed E-state index contributed by atoms with van der Waals surface area (Å²) >= 11 is 3.21. The second-order valence-corrected chi connectivity index (χ2v) is 25.7. The van der Waals surface area contributed by atoms with Gasteiger partial charge >= 0.3 is 30.0 Å². The third-order valence-electron chi connectivity index (χ3n) is 10.2. The van der Waals surface area contributed by atoms with Crippen molar-refractivity contribution in [2.75, 3.05) is 39.3 Å². The molecule has 18 heteroatoms. The van der Waals surface area contributed by atoms with E-state index in [1.165, 1.54) is 0 Å². The molecule has 1 amide bonds. The van der Waals surface area contributed by atoms with E-state index in [-0.39, 0.29) is 39.3 Å². The fourth-order valence-electron chi connectivity index (χ4n) is 7.80. The summed E-state index contributed by atoms with van der Waals surface area (Å²) in [4.78, 5) is 83.7. The molecule has 0 saturated carbocycles. The molecule has 1 N–H and O–H groups in total. The van der Waals surface area contributed by atoms with Crippen LogP contribution in [0, 0.1) is 0 Å². The molecule has 4 aromatic rings. The zero-order chi connectivity index (χ0) is 55.8. The number of rotatable bonds is 25. The number of pyridine rings is 2. The number of carbonyl (C=O) groups excluding carboxylic acids is 5. The predicted octanol–water partition coefficient (Wildman–Crippen LogP) is 11.0.